The van der Waals surface area contributed by atoms with E-state index in [-0.39, 0.29) is 0 Å². The summed E-state index contributed by atoms with van der Waals surface area (Å²) in [7, 11) is -1.96. The van der Waals surface area contributed by atoms with Gasteiger partial charge in [0, 0.05) is 0 Å². The maximum atomic E-state index is 13.6. The summed E-state index contributed by atoms with van der Waals surface area (Å²) in [6.07, 6.45) is 2.72. The Hall–Kier alpha value is -1.85. The van der Waals surface area contributed by atoms with E-state index in [1.54, 1.807) is 31.4 Å². The quantitative estimate of drug-likeness (QED) is 0.904. The second kappa shape index (κ2) is 6.57. The van der Waals surface area contributed by atoms with E-state index in [1.165, 1.54) is 0 Å². The number of methoxy groups -OCH3 is 1. The highest BCUT2D eigenvalue weighted by Crippen LogP contribution is 2.47. The molecule has 0 aromatic heterocycles. The molecule has 1 aliphatic rings. The molecule has 2 aromatic rings. The van der Waals surface area contributed by atoms with Crippen LogP contribution in [0.4, 0.5) is 0 Å². The zero-order valence-corrected chi connectivity index (χ0v) is 14.7. The highest BCUT2D eigenvalue weighted by Gasteiger charge is 2.48. The Morgan fingerprint density at radius 2 is 1.92 bits per heavy atom. The first kappa shape index (κ1) is 17.0. The molecule has 0 heterocycles. The molecule has 0 spiro atoms. The van der Waals surface area contributed by atoms with Crippen LogP contribution in [-0.4, -0.2) is 22.1 Å². The monoisotopic (exact) mass is 345 g/mol. The molecular weight excluding hydrogens is 322 g/mol. The van der Waals surface area contributed by atoms with E-state index >= 15 is 0 Å². The van der Waals surface area contributed by atoms with E-state index in [2.05, 4.69) is 0 Å². The number of hydrogen-bond donors (Lipinski definition) is 1. The summed E-state index contributed by atoms with van der Waals surface area (Å²) in [5, 5.41) is 0. The minimum absolute atomic E-state index is 0.322. The van der Waals surface area contributed by atoms with Gasteiger partial charge >= 0.3 is 0 Å². The van der Waals surface area contributed by atoms with Gasteiger partial charge < -0.3 is 10.5 Å². The first-order valence-corrected chi connectivity index (χ1v) is 9.70. The van der Waals surface area contributed by atoms with Crippen LogP contribution in [-0.2, 0) is 21.0 Å². The standard InChI is InChI=1S/C19H23NO3S/c1-23-16-10-9-15-6-5-11-19(12-13-20,18(15)14-16)24(21,22)17-7-3-2-4-8-17/h2-4,7-10,14H,5-6,11-13,20H2,1H3. The smallest absolute Gasteiger partial charge is 0.188 e. The van der Waals surface area contributed by atoms with Crippen LogP contribution in [0.5, 0.6) is 5.75 Å². The van der Waals surface area contributed by atoms with Gasteiger partial charge in [-0.05, 0) is 67.6 Å². The lowest BCUT2D eigenvalue weighted by molar-refractivity contribution is 0.405. The van der Waals surface area contributed by atoms with Gasteiger partial charge in [0.2, 0.25) is 0 Å². The first-order chi connectivity index (χ1) is 11.5. The van der Waals surface area contributed by atoms with Crippen LogP contribution in [0.25, 0.3) is 0 Å². The largest absolute Gasteiger partial charge is 0.497 e. The van der Waals surface area contributed by atoms with E-state index in [0.29, 0.717) is 30.0 Å². The van der Waals surface area contributed by atoms with E-state index < -0.39 is 14.6 Å². The Morgan fingerprint density at radius 3 is 2.58 bits per heavy atom. The van der Waals surface area contributed by atoms with Crippen LogP contribution >= 0.6 is 0 Å². The second-order valence-corrected chi connectivity index (χ2v) is 8.49. The number of nitrogens with two attached hydrogens (primary N) is 1. The van der Waals surface area contributed by atoms with Gasteiger partial charge in [-0.15, -0.1) is 0 Å². The summed E-state index contributed by atoms with van der Waals surface area (Å²) in [5.74, 6) is 0.681. The van der Waals surface area contributed by atoms with Gasteiger partial charge in [0.05, 0.1) is 12.0 Å². The summed E-state index contributed by atoms with van der Waals surface area (Å²) in [6, 6.07) is 14.4. The lowest BCUT2D eigenvalue weighted by Gasteiger charge is -2.38. The van der Waals surface area contributed by atoms with Crippen molar-refractivity contribution in [1.82, 2.24) is 0 Å². The van der Waals surface area contributed by atoms with Gasteiger partial charge in [-0.2, -0.15) is 0 Å². The first-order valence-electron chi connectivity index (χ1n) is 8.22. The van der Waals surface area contributed by atoms with Crippen molar-refractivity contribution in [3.05, 3.63) is 59.7 Å². The van der Waals surface area contributed by atoms with E-state index in [1.807, 2.05) is 24.3 Å². The number of fused-ring (bicyclic) bond motifs is 1. The molecule has 0 radical (unpaired) electrons. The fourth-order valence-corrected chi connectivity index (χ4v) is 6.00. The lowest BCUT2D eigenvalue weighted by Crippen LogP contribution is -2.41. The minimum Gasteiger partial charge on any atom is -0.497 e. The molecule has 128 valence electrons. The molecule has 0 bridgehead atoms. The number of rotatable bonds is 5. The van der Waals surface area contributed by atoms with Crippen LogP contribution in [0.15, 0.2) is 53.4 Å². The summed E-state index contributed by atoms with van der Waals surface area (Å²) >= 11 is 0. The molecule has 0 aliphatic heterocycles. The number of aryl methyl sites for hydroxylation is 1. The third kappa shape index (κ3) is 2.62. The van der Waals surface area contributed by atoms with Crippen molar-refractivity contribution < 1.29 is 13.2 Å². The van der Waals surface area contributed by atoms with Crippen molar-refractivity contribution in [3.63, 3.8) is 0 Å². The molecule has 4 nitrogen and oxygen atoms in total. The maximum absolute atomic E-state index is 13.6. The van der Waals surface area contributed by atoms with Crippen molar-refractivity contribution in [3.8, 4) is 5.75 Å². The molecule has 1 aliphatic carbocycles. The van der Waals surface area contributed by atoms with Crippen molar-refractivity contribution in [1.29, 1.82) is 0 Å². The fraction of sp³-hybridized carbons (Fsp3) is 0.368. The zero-order valence-electron chi connectivity index (χ0n) is 13.9. The predicted octanol–water partition coefficient (Wildman–Crippen LogP) is 3.05. The SMILES string of the molecule is COc1ccc2c(c1)C(CCN)(S(=O)(=O)c1ccccc1)CCC2. The van der Waals surface area contributed by atoms with E-state index in [4.69, 9.17) is 10.5 Å². The van der Waals surface area contributed by atoms with Gasteiger partial charge in [-0.3, -0.25) is 0 Å². The molecule has 2 N–H and O–H groups in total. The third-order valence-electron chi connectivity index (χ3n) is 4.95. The Morgan fingerprint density at radius 1 is 1.17 bits per heavy atom. The van der Waals surface area contributed by atoms with Crippen LogP contribution in [0.2, 0.25) is 0 Å². The molecule has 2 aromatic carbocycles. The molecule has 0 fully saturated rings. The molecule has 0 amide bonds. The molecule has 5 heteroatoms. The molecule has 1 unspecified atom stereocenters. The Kier molecular flexibility index (Phi) is 4.65. The van der Waals surface area contributed by atoms with Crippen molar-refractivity contribution >= 4 is 9.84 Å². The van der Waals surface area contributed by atoms with Crippen LogP contribution in [0.3, 0.4) is 0 Å². The highest BCUT2D eigenvalue weighted by atomic mass is 32.2. The van der Waals surface area contributed by atoms with Gasteiger partial charge in [-0.25, -0.2) is 8.42 Å². The summed E-state index contributed by atoms with van der Waals surface area (Å²) in [6.45, 7) is 0.322. The molecule has 1 atom stereocenters. The third-order valence-corrected chi connectivity index (χ3v) is 7.50. The van der Waals surface area contributed by atoms with Gasteiger partial charge in [0.15, 0.2) is 9.84 Å². The number of hydrogen-bond acceptors (Lipinski definition) is 4. The van der Waals surface area contributed by atoms with Gasteiger partial charge in [-0.1, -0.05) is 24.3 Å². The topological polar surface area (TPSA) is 69.4 Å². The zero-order chi connectivity index (χ0) is 17.2. The molecule has 24 heavy (non-hydrogen) atoms. The second-order valence-electron chi connectivity index (χ2n) is 6.23. The molecular formula is C19H23NO3S. The maximum Gasteiger partial charge on any atom is 0.188 e. The van der Waals surface area contributed by atoms with Gasteiger partial charge in [0.1, 0.15) is 10.5 Å². The normalized spacial score (nSPS) is 20.4. The lowest BCUT2D eigenvalue weighted by atomic mass is 9.80. The summed E-state index contributed by atoms with van der Waals surface area (Å²) in [4.78, 5) is 0.356. The minimum atomic E-state index is -3.56. The molecule has 3 rings (SSSR count). The molecule has 0 saturated carbocycles. The Balaban J connectivity index is 2.25. The fourth-order valence-electron chi connectivity index (χ4n) is 3.76. The van der Waals surface area contributed by atoms with Crippen LogP contribution in [0, 0.1) is 0 Å². The highest BCUT2D eigenvalue weighted by molar-refractivity contribution is 7.92. The Bertz CT molecular complexity index is 818. The van der Waals surface area contributed by atoms with Crippen molar-refractivity contribution in [2.75, 3.05) is 13.7 Å². The molecule has 0 saturated heterocycles. The van der Waals surface area contributed by atoms with Crippen LogP contribution < -0.4 is 10.5 Å². The average Bonchev–Trinajstić information content (AvgIpc) is 2.62. The summed E-state index contributed by atoms with van der Waals surface area (Å²) < 4.78 is 31.5. The Labute approximate surface area is 143 Å². The summed E-state index contributed by atoms with van der Waals surface area (Å²) in [5.41, 5.74) is 7.78. The van der Waals surface area contributed by atoms with Crippen molar-refractivity contribution in [2.45, 2.75) is 35.3 Å². The predicted molar refractivity (Wildman–Crippen MR) is 94.9 cm³/mol. The van der Waals surface area contributed by atoms with E-state index in [9.17, 15) is 8.42 Å². The average molecular weight is 345 g/mol. The van der Waals surface area contributed by atoms with Crippen molar-refractivity contribution in [2.24, 2.45) is 5.73 Å². The number of sulfone groups is 1. The van der Waals surface area contributed by atoms with Gasteiger partial charge in [0.25, 0.3) is 0 Å². The van der Waals surface area contributed by atoms with E-state index in [0.717, 1.165) is 24.0 Å². The number of benzene rings is 2. The van der Waals surface area contributed by atoms with Crippen LogP contribution in [0.1, 0.15) is 30.4 Å². The number of ether oxygens (including phenoxy) is 1.